The maximum absolute atomic E-state index is 11.8. The Bertz CT molecular complexity index is 199. The summed E-state index contributed by atoms with van der Waals surface area (Å²) in [6.07, 6.45) is 4.32. The third-order valence-corrected chi connectivity index (χ3v) is 3.82. The molecular formula is C13H25NO. The van der Waals surface area contributed by atoms with Crippen molar-refractivity contribution in [3.05, 3.63) is 0 Å². The Morgan fingerprint density at radius 3 is 2.47 bits per heavy atom. The van der Waals surface area contributed by atoms with Crippen LogP contribution in [0, 0.1) is 11.8 Å². The highest BCUT2D eigenvalue weighted by Gasteiger charge is 2.28. The summed E-state index contributed by atoms with van der Waals surface area (Å²) in [5.74, 6) is 1.62. The maximum Gasteiger partial charge on any atom is 0.137 e. The molecule has 15 heavy (non-hydrogen) atoms. The van der Waals surface area contributed by atoms with Crippen molar-refractivity contribution in [3.8, 4) is 0 Å². The first-order chi connectivity index (χ1) is 7.21. The number of hydrogen-bond acceptors (Lipinski definition) is 2. The Labute approximate surface area is 94.0 Å². The van der Waals surface area contributed by atoms with Crippen LogP contribution < -0.4 is 0 Å². The molecule has 0 aromatic heterocycles. The van der Waals surface area contributed by atoms with E-state index in [0.717, 1.165) is 44.8 Å². The molecule has 1 saturated carbocycles. The van der Waals surface area contributed by atoms with Gasteiger partial charge in [0, 0.05) is 18.9 Å². The number of carbonyl (C=O) groups is 1. The first kappa shape index (κ1) is 12.7. The first-order valence-corrected chi connectivity index (χ1v) is 6.46. The highest BCUT2D eigenvalue weighted by atomic mass is 16.1. The van der Waals surface area contributed by atoms with E-state index in [9.17, 15) is 4.79 Å². The van der Waals surface area contributed by atoms with Crippen molar-refractivity contribution in [1.82, 2.24) is 4.90 Å². The van der Waals surface area contributed by atoms with Crippen LogP contribution in [-0.2, 0) is 4.79 Å². The molecule has 1 aliphatic carbocycles. The van der Waals surface area contributed by atoms with Crippen LogP contribution in [0.3, 0.4) is 0 Å². The number of ketones is 1. The smallest absolute Gasteiger partial charge is 0.137 e. The van der Waals surface area contributed by atoms with E-state index in [4.69, 9.17) is 0 Å². The fourth-order valence-corrected chi connectivity index (χ4v) is 2.54. The third kappa shape index (κ3) is 3.60. The lowest BCUT2D eigenvalue weighted by Crippen LogP contribution is -2.36. The average Bonchev–Trinajstić information content (AvgIpc) is 2.28. The number of rotatable bonds is 5. The highest BCUT2D eigenvalue weighted by Crippen LogP contribution is 2.29. The second-order valence-corrected chi connectivity index (χ2v) is 4.70. The zero-order chi connectivity index (χ0) is 11.3. The number of hydrogen-bond donors (Lipinski definition) is 0. The number of Topliss-reactive ketones (excluding diaryl/α,β-unsaturated/α-hetero) is 1. The molecule has 0 amide bonds. The van der Waals surface area contributed by atoms with Gasteiger partial charge in [0.25, 0.3) is 0 Å². The SMILES string of the molecule is CCC1CCC(=O)C(CN(CC)CC)C1. The van der Waals surface area contributed by atoms with Gasteiger partial charge in [-0.1, -0.05) is 27.2 Å². The maximum atomic E-state index is 11.8. The van der Waals surface area contributed by atoms with Gasteiger partial charge in [0.2, 0.25) is 0 Å². The van der Waals surface area contributed by atoms with E-state index >= 15 is 0 Å². The standard InChI is InChI=1S/C13H25NO/c1-4-11-7-8-13(15)12(9-11)10-14(5-2)6-3/h11-12H,4-10H2,1-3H3. The van der Waals surface area contributed by atoms with Crippen LogP contribution in [0.2, 0.25) is 0 Å². The molecule has 2 heteroatoms. The summed E-state index contributed by atoms with van der Waals surface area (Å²) < 4.78 is 0. The van der Waals surface area contributed by atoms with Crippen molar-refractivity contribution in [2.45, 2.75) is 46.5 Å². The lowest BCUT2D eigenvalue weighted by molar-refractivity contribution is -0.126. The fourth-order valence-electron chi connectivity index (χ4n) is 2.54. The van der Waals surface area contributed by atoms with Gasteiger partial charge >= 0.3 is 0 Å². The van der Waals surface area contributed by atoms with Crippen LogP contribution in [0.5, 0.6) is 0 Å². The average molecular weight is 211 g/mol. The van der Waals surface area contributed by atoms with E-state index in [1.54, 1.807) is 0 Å². The van der Waals surface area contributed by atoms with Gasteiger partial charge in [-0.2, -0.15) is 0 Å². The Morgan fingerprint density at radius 1 is 1.27 bits per heavy atom. The summed E-state index contributed by atoms with van der Waals surface area (Å²) in [6.45, 7) is 9.72. The van der Waals surface area contributed by atoms with E-state index < -0.39 is 0 Å². The minimum atomic E-state index is 0.323. The van der Waals surface area contributed by atoms with E-state index in [1.807, 2.05) is 0 Å². The number of nitrogens with zero attached hydrogens (tertiary/aromatic N) is 1. The van der Waals surface area contributed by atoms with Gasteiger partial charge in [-0.25, -0.2) is 0 Å². The summed E-state index contributed by atoms with van der Waals surface area (Å²) in [7, 11) is 0. The van der Waals surface area contributed by atoms with Crippen molar-refractivity contribution in [1.29, 1.82) is 0 Å². The summed E-state index contributed by atoms with van der Waals surface area (Å²) in [5, 5.41) is 0. The lowest BCUT2D eigenvalue weighted by atomic mass is 9.79. The summed E-state index contributed by atoms with van der Waals surface area (Å²) in [5.41, 5.74) is 0. The molecule has 0 spiro atoms. The monoisotopic (exact) mass is 211 g/mol. The normalized spacial score (nSPS) is 27.3. The zero-order valence-electron chi connectivity index (χ0n) is 10.5. The van der Waals surface area contributed by atoms with E-state index in [2.05, 4.69) is 25.7 Å². The summed E-state index contributed by atoms with van der Waals surface area (Å²) in [6, 6.07) is 0. The molecule has 1 fully saturated rings. The molecule has 0 aromatic rings. The van der Waals surface area contributed by atoms with Crippen LogP contribution >= 0.6 is 0 Å². The van der Waals surface area contributed by atoms with Crippen molar-refractivity contribution >= 4 is 5.78 Å². The zero-order valence-corrected chi connectivity index (χ0v) is 10.5. The predicted octanol–water partition coefficient (Wildman–Crippen LogP) is 2.72. The van der Waals surface area contributed by atoms with E-state index in [1.165, 1.54) is 6.42 Å². The van der Waals surface area contributed by atoms with Crippen molar-refractivity contribution in [2.75, 3.05) is 19.6 Å². The van der Waals surface area contributed by atoms with Crippen molar-refractivity contribution in [2.24, 2.45) is 11.8 Å². The van der Waals surface area contributed by atoms with Crippen LogP contribution in [0.15, 0.2) is 0 Å². The van der Waals surface area contributed by atoms with Gasteiger partial charge in [0.1, 0.15) is 5.78 Å². The van der Waals surface area contributed by atoms with Gasteiger partial charge in [0.15, 0.2) is 0 Å². The quantitative estimate of drug-likeness (QED) is 0.697. The van der Waals surface area contributed by atoms with E-state index in [0.29, 0.717) is 11.7 Å². The minimum absolute atomic E-state index is 0.323. The predicted molar refractivity (Wildman–Crippen MR) is 63.9 cm³/mol. The van der Waals surface area contributed by atoms with E-state index in [-0.39, 0.29) is 0 Å². The summed E-state index contributed by atoms with van der Waals surface area (Å²) in [4.78, 5) is 14.2. The molecule has 2 atom stereocenters. The Balaban J connectivity index is 2.46. The second-order valence-electron chi connectivity index (χ2n) is 4.70. The molecule has 0 saturated heterocycles. The Kier molecular flexibility index (Phi) is 5.30. The molecule has 2 nitrogen and oxygen atoms in total. The second kappa shape index (κ2) is 6.26. The molecule has 0 aliphatic heterocycles. The molecule has 0 heterocycles. The minimum Gasteiger partial charge on any atom is -0.303 e. The molecule has 1 rings (SSSR count). The topological polar surface area (TPSA) is 20.3 Å². The highest BCUT2D eigenvalue weighted by molar-refractivity contribution is 5.81. The van der Waals surface area contributed by atoms with Crippen LogP contribution in [0.1, 0.15) is 46.5 Å². The molecule has 0 bridgehead atoms. The van der Waals surface area contributed by atoms with Gasteiger partial charge < -0.3 is 4.90 Å². The molecular weight excluding hydrogens is 186 g/mol. The first-order valence-electron chi connectivity index (χ1n) is 6.46. The molecule has 0 radical (unpaired) electrons. The van der Waals surface area contributed by atoms with Crippen molar-refractivity contribution in [3.63, 3.8) is 0 Å². The van der Waals surface area contributed by atoms with Gasteiger partial charge in [-0.05, 0) is 31.8 Å². The third-order valence-electron chi connectivity index (χ3n) is 3.82. The van der Waals surface area contributed by atoms with Gasteiger partial charge in [0.05, 0.1) is 0 Å². The van der Waals surface area contributed by atoms with Gasteiger partial charge in [-0.3, -0.25) is 4.79 Å². The Hall–Kier alpha value is -0.370. The molecule has 2 unspecified atom stereocenters. The lowest BCUT2D eigenvalue weighted by Gasteiger charge is -2.31. The van der Waals surface area contributed by atoms with Crippen LogP contribution in [0.25, 0.3) is 0 Å². The molecule has 0 aromatic carbocycles. The molecule has 88 valence electrons. The van der Waals surface area contributed by atoms with Crippen LogP contribution in [-0.4, -0.2) is 30.3 Å². The number of carbonyl (C=O) groups excluding carboxylic acids is 1. The van der Waals surface area contributed by atoms with Crippen molar-refractivity contribution < 1.29 is 4.79 Å². The van der Waals surface area contributed by atoms with Gasteiger partial charge in [-0.15, -0.1) is 0 Å². The Morgan fingerprint density at radius 2 is 1.93 bits per heavy atom. The molecule has 0 N–H and O–H groups in total. The molecule has 1 aliphatic rings. The fraction of sp³-hybridized carbons (Fsp3) is 0.923. The summed E-state index contributed by atoms with van der Waals surface area (Å²) >= 11 is 0. The van der Waals surface area contributed by atoms with Crippen LogP contribution in [0.4, 0.5) is 0 Å². The largest absolute Gasteiger partial charge is 0.303 e.